The van der Waals surface area contributed by atoms with Crippen LogP contribution in [0.15, 0.2) is 36.7 Å². The molecule has 0 amide bonds. The summed E-state index contributed by atoms with van der Waals surface area (Å²) in [5.74, 6) is 0.972. The molecule has 3 N–H and O–H groups in total. The largest absolute Gasteiger partial charge is 0.508 e. The first kappa shape index (κ1) is 11.3. The second kappa shape index (κ2) is 4.80. The van der Waals surface area contributed by atoms with Crippen LogP contribution in [0.4, 0.5) is 11.5 Å². The van der Waals surface area contributed by atoms with E-state index in [4.69, 9.17) is 5.73 Å². The molecule has 5 nitrogen and oxygen atoms in total. The second-order valence-corrected chi connectivity index (χ2v) is 3.65. The van der Waals surface area contributed by atoms with E-state index in [1.165, 1.54) is 0 Å². The molecule has 0 saturated heterocycles. The van der Waals surface area contributed by atoms with Crippen LogP contribution in [0.1, 0.15) is 5.69 Å². The van der Waals surface area contributed by atoms with E-state index in [0.29, 0.717) is 6.54 Å². The summed E-state index contributed by atoms with van der Waals surface area (Å²) >= 11 is 0. The molecule has 0 aliphatic carbocycles. The van der Waals surface area contributed by atoms with Crippen LogP contribution in [-0.2, 0) is 6.54 Å². The molecule has 0 aliphatic heterocycles. The molecule has 0 unspecified atom stereocenters. The number of nitrogens with two attached hydrogens (primary N) is 1. The first-order chi connectivity index (χ1) is 8.20. The smallest absolute Gasteiger partial charge is 0.151 e. The second-order valence-electron chi connectivity index (χ2n) is 3.65. The van der Waals surface area contributed by atoms with Crippen LogP contribution in [0.25, 0.3) is 0 Å². The molecular formula is C12H14N4O. The average Bonchev–Trinajstić information content (AvgIpc) is 2.39. The Kier molecular flexibility index (Phi) is 3.20. The zero-order valence-electron chi connectivity index (χ0n) is 9.54. The van der Waals surface area contributed by atoms with E-state index < -0.39 is 0 Å². The number of anilines is 2. The molecule has 0 bridgehead atoms. The first-order valence-corrected chi connectivity index (χ1v) is 5.24. The number of hydrogen-bond acceptors (Lipinski definition) is 5. The lowest BCUT2D eigenvalue weighted by Crippen LogP contribution is -2.12. The van der Waals surface area contributed by atoms with Gasteiger partial charge < -0.3 is 15.7 Å². The standard InChI is InChI=1S/C12H14N4O/c1-16(10-2-4-11(17)5-3-10)12-8-14-9(6-13)7-15-12/h2-5,7-8,17H,6,13H2,1H3. The van der Waals surface area contributed by atoms with Crippen molar-refractivity contribution in [1.82, 2.24) is 9.97 Å². The van der Waals surface area contributed by atoms with E-state index in [9.17, 15) is 5.11 Å². The molecule has 0 radical (unpaired) electrons. The predicted octanol–water partition coefficient (Wildman–Crippen LogP) is 1.41. The first-order valence-electron chi connectivity index (χ1n) is 5.24. The van der Waals surface area contributed by atoms with E-state index in [2.05, 4.69) is 9.97 Å². The van der Waals surface area contributed by atoms with Crippen molar-refractivity contribution >= 4 is 11.5 Å². The topological polar surface area (TPSA) is 75.3 Å². The Morgan fingerprint density at radius 3 is 2.41 bits per heavy atom. The molecular weight excluding hydrogens is 216 g/mol. The van der Waals surface area contributed by atoms with Gasteiger partial charge in [-0.25, -0.2) is 4.98 Å². The fourth-order valence-electron chi connectivity index (χ4n) is 1.44. The molecule has 17 heavy (non-hydrogen) atoms. The number of benzene rings is 1. The van der Waals surface area contributed by atoms with Crippen LogP contribution >= 0.6 is 0 Å². The molecule has 2 aromatic rings. The van der Waals surface area contributed by atoms with Crippen molar-refractivity contribution in [3.8, 4) is 5.75 Å². The molecule has 0 saturated carbocycles. The Morgan fingerprint density at radius 2 is 1.88 bits per heavy atom. The number of phenols is 1. The molecule has 0 aliphatic rings. The van der Waals surface area contributed by atoms with Gasteiger partial charge in [-0.15, -0.1) is 0 Å². The lowest BCUT2D eigenvalue weighted by Gasteiger charge is -2.17. The van der Waals surface area contributed by atoms with Gasteiger partial charge in [0.2, 0.25) is 0 Å². The van der Waals surface area contributed by atoms with Gasteiger partial charge in [-0.3, -0.25) is 4.98 Å². The van der Waals surface area contributed by atoms with Crippen LogP contribution < -0.4 is 10.6 Å². The third kappa shape index (κ3) is 2.51. The molecule has 2 rings (SSSR count). The lowest BCUT2D eigenvalue weighted by molar-refractivity contribution is 0.475. The minimum Gasteiger partial charge on any atom is -0.508 e. The van der Waals surface area contributed by atoms with Crippen molar-refractivity contribution in [3.05, 3.63) is 42.4 Å². The Labute approximate surface area is 99.6 Å². The van der Waals surface area contributed by atoms with E-state index in [1.54, 1.807) is 24.5 Å². The normalized spacial score (nSPS) is 10.2. The fourth-order valence-corrected chi connectivity index (χ4v) is 1.44. The summed E-state index contributed by atoms with van der Waals surface area (Å²) in [4.78, 5) is 10.3. The van der Waals surface area contributed by atoms with E-state index >= 15 is 0 Å². The highest BCUT2D eigenvalue weighted by Crippen LogP contribution is 2.22. The van der Waals surface area contributed by atoms with Crippen molar-refractivity contribution in [2.24, 2.45) is 5.73 Å². The van der Waals surface area contributed by atoms with Crippen LogP contribution in [0.5, 0.6) is 5.75 Å². The lowest BCUT2D eigenvalue weighted by atomic mass is 10.3. The van der Waals surface area contributed by atoms with Crippen molar-refractivity contribution in [1.29, 1.82) is 0 Å². The van der Waals surface area contributed by atoms with Crippen molar-refractivity contribution in [2.45, 2.75) is 6.54 Å². The van der Waals surface area contributed by atoms with E-state index in [0.717, 1.165) is 17.2 Å². The highest BCUT2D eigenvalue weighted by atomic mass is 16.3. The molecule has 1 aromatic heterocycles. The number of rotatable bonds is 3. The maximum Gasteiger partial charge on any atom is 0.151 e. The van der Waals surface area contributed by atoms with E-state index in [1.807, 2.05) is 24.1 Å². The number of aromatic nitrogens is 2. The van der Waals surface area contributed by atoms with Crippen molar-refractivity contribution in [2.75, 3.05) is 11.9 Å². The van der Waals surface area contributed by atoms with Gasteiger partial charge in [0.15, 0.2) is 5.82 Å². The van der Waals surface area contributed by atoms with Crippen molar-refractivity contribution in [3.63, 3.8) is 0 Å². The maximum absolute atomic E-state index is 9.22. The van der Waals surface area contributed by atoms with Crippen LogP contribution in [-0.4, -0.2) is 22.1 Å². The Balaban J connectivity index is 2.23. The number of aromatic hydroxyl groups is 1. The highest BCUT2D eigenvalue weighted by molar-refractivity contribution is 5.59. The van der Waals surface area contributed by atoms with Crippen molar-refractivity contribution < 1.29 is 5.11 Å². The summed E-state index contributed by atoms with van der Waals surface area (Å²) in [5.41, 5.74) is 7.15. The third-order valence-corrected chi connectivity index (χ3v) is 2.48. The summed E-state index contributed by atoms with van der Waals surface area (Å²) in [6, 6.07) is 6.89. The molecule has 88 valence electrons. The third-order valence-electron chi connectivity index (χ3n) is 2.48. The number of nitrogens with zero attached hydrogens (tertiary/aromatic N) is 3. The molecule has 1 heterocycles. The Hall–Kier alpha value is -2.14. The van der Waals surface area contributed by atoms with Gasteiger partial charge in [-0.05, 0) is 24.3 Å². The van der Waals surface area contributed by atoms with Crippen LogP contribution in [0.3, 0.4) is 0 Å². The summed E-state index contributed by atoms with van der Waals surface area (Å²) in [7, 11) is 1.89. The summed E-state index contributed by atoms with van der Waals surface area (Å²) in [5, 5.41) is 9.22. The molecule has 0 spiro atoms. The molecule has 5 heteroatoms. The average molecular weight is 230 g/mol. The zero-order valence-corrected chi connectivity index (χ0v) is 9.54. The van der Waals surface area contributed by atoms with Gasteiger partial charge in [0, 0.05) is 19.3 Å². The zero-order chi connectivity index (χ0) is 12.3. The highest BCUT2D eigenvalue weighted by Gasteiger charge is 2.05. The van der Waals surface area contributed by atoms with Crippen LogP contribution in [0.2, 0.25) is 0 Å². The summed E-state index contributed by atoms with van der Waals surface area (Å²) in [6.45, 7) is 0.385. The maximum atomic E-state index is 9.22. The van der Waals surface area contributed by atoms with Gasteiger partial charge in [-0.1, -0.05) is 0 Å². The summed E-state index contributed by atoms with van der Waals surface area (Å²) in [6.07, 6.45) is 3.33. The number of hydrogen-bond donors (Lipinski definition) is 2. The van der Waals surface area contributed by atoms with Gasteiger partial charge in [0.25, 0.3) is 0 Å². The fraction of sp³-hybridized carbons (Fsp3) is 0.167. The van der Waals surface area contributed by atoms with Crippen LogP contribution in [0, 0.1) is 0 Å². The SMILES string of the molecule is CN(c1ccc(O)cc1)c1cnc(CN)cn1. The van der Waals surface area contributed by atoms with E-state index in [-0.39, 0.29) is 5.75 Å². The molecule has 1 aromatic carbocycles. The Bertz CT molecular complexity index is 481. The van der Waals surface area contributed by atoms with Gasteiger partial charge in [0.1, 0.15) is 5.75 Å². The number of phenolic OH excluding ortho intramolecular Hbond substituents is 1. The molecule has 0 atom stereocenters. The molecule has 0 fully saturated rings. The quantitative estimate of drug-likeness (QED) is 0.833. The van der Waals surface area contributed by atoms with Gasteiger partial charge in [-0.2, -0.15) is 0 Å². The predicted molar refractivity (Wildman–Crippen MR) is 66.1 cm³/mol. The Morgan fingerprint density at radius 1 is 1.18 bits per heavy atom. The monoisotopic (exact) mass is 230 g/mol. The van der Waals surface area contributed by atoms with Gasteiger partial charge >= 0.3 is 0 Å². The minimum atomic E-state index is 0.242. The minimum absolute atomic E-state index is 0.242. The summed E-state index contributed by atoms with van der Waals surface area (Å²) < 4.78 is 0. The van der Waals surface area contributed by atoms with Gasteiger partial charge in [0.05, 0.1) is 18.1 Å².